The van der Waals surface area contributed by atoms with Crippen LogP contribution in [0.2, 0.25) is 0 Å². The molecule has 1 aliphatic rings. The summed E-state index contributed by atoms with van der Waals surface area (Å²) in [5.74, 6) is 0.828. The number of rotatable bonds is 7. The fraction of sp³-hybridized carbons (Fsp3) is 0.533. The number of nitrogens with one attached hydrogen (secondary N) is 1. The first-order chi connectivity index (χ1) is 8.79. The van der Waals surface area contributed by atoms with Crippen LogP contribution in [0.1, 0.15) is 36.9 Å². The lowest BCUT2D eigenvalue weighted by atomic mass is 10.1. The molecule has 0 heterocycles. The fourth-order valence-corrected chi connectivity index (χ4v) is 1.88. The summed E-state index contributed by atoms with van der Waals surface area (Å²) in [4.78, 5) is 0. The lowest BCUT2D eigenvalue weighted by Gasteiger charge is -2.14. The van der Waals surface area contributed by atoms with Crippen molar-refractivity contribution in [3.05, 3.63) is 35.4 Å². The Morgan fingerprint density at radius 2 is 2.33 bits per heavy atom. The fourth-order valence-electron chi connectivity index (χ4n) is 1.88. The van der Waals surface area contributed by atoms with Crippen molar-refractivity contribution in [2.24, 2.45) is 5.92 Å². The second-order valence-electron chi connectivity index (χ2n) is 4.93. The number of ether oxygens (including phenoxy) is 1. The van der Waals surface area contributed by atoms with Gasteiger partial charge in [-0.1, -0.05) is 12.1 Å². The molecule has 2 rings (SSSR count). The molecule has 3 nitrogen and oxygen atoms in total. The van der Waals surface area contributed by atoms with Crippen molar-refractivity contribution in [1.82, 2.24) is 5.32 Å². The van der Waals surface area contributed by atoms with Gasteiger partial charge in [-0.3, -0.25) is 0 Å². The number of nitrogens with zero attached hydrogens (tertiary/aromatic N) is 1. The molecule has 0 aliphatic heterocycles. The third kappa shape index (κ3) is 4.14. The standard InChI is InChI=1S/C15H20N2O/c1-12(15-4-2-3-14(9-15)10-16)17-7-8-18-11-13-5-6-13/h2-4,9,12-13,17H,5-8,11H2,1H3. The SMILES string of the molecule is CC(NCCOCC1CC1)c1cccc(C#N)c1. The van der Waals surface area contributed by atoms with Crippen LogP contribution >= 0.6 is 0 Å². The highest BCUT2D eigenvalue weighted by Gasteiger charge is 2.20. The Kier molecular flexibility index (Phi) is 4.74. The maximum Gasteiger partial charge on any atom is 0.0991 e. The van der Waals surface area contributed by atoms with Crippen molar-refractivity contribution in [3.63, 3.8) is 0 Å². The third-order valence-corrected chi connectivity index (χ3v) is 3.26. The Hall–Kier alpha value is -1.37. The lowest BCUT2D eigenvalue weighted by molar-refractivity contribution is 0.124. The van der Waals surface area contributed by atoms with Crippen LogP contribution in [0.3, 0.4) is 0 Å². The Morgan fingerprint density at radius 3 is 3.06 bits per heavy atom. The average molecular weight is 244 g/mol. The van der Waals surface area contributed by atoms with E-state index in [1.54, 1.807) is 0 Å². The largest absolute Gasteiger partial charge is 0.380 e. The minimum Gasteiger partial charge on any atom is -0.380 e. The first-order valence-electron chi connectivity index (χ1n) is 6.61. The zero-order valence-electron chi connectivity index (χ0n) is 10.9. The van der Waals surface area contributed by atoms with Gasteiger partial charge in [-0.05, 0) is 43.4 Å². The molecule has 1 saturated carbocycles. The van der Waals surface area contributed by atoms with Crippen LogP contribution in [0, 0.1) is 17.2 Å². The van der Waals surface area contributed by atoms with Crippen molar-refractivity contribution >= 4 is 0 Å². The van der Waals surface area contributed by atoms with E-state index in [9.17, 15) is 0 Å². The van der Waals surface area contributed by atoms with Gasteiger partial charge >= 0.3 is 0 Å². The Balaban J connectivity index is 1.69. The highest BCUT2D eigenvalue weighted by atomic mass is 16.5. The van der Waals surface area contributed by atoms with Gasteiger partial charge in [0.2, 0.25) is 0 Å². The number of hydrogen-bond acceptors (Lipinski definition) is 3. The molecule has 1 aliphatic carbocycles. The van der Waals surface area contributed by atoms with Crippen LogP contribution in [0.15, 0.2) is 24.3 Å². The molecule has 0 saturated heterocycles. The minimum atomic E-state index is 0.253. The highest BCUT2D eigenvalue weighted by Crippen LogP contribution is 2.28. The van der Waals surface area contributed by atoms with Crippen molar-refractivity contribution in [2.45, 2.75) is 25.8 Å². The molecule has 1 unspecified atom stereocenters. The normalized spacial score (nSPS) is 16.2. The number of nitriles is 1. The van der Waals surface area contributed by atoms with Gasteiger partial charge in [0.1, 0.15) is 0 Å². The van der Waals surface area contributed by atoms with E-state index in [1.807, 2.05) is 24.3 Å². The van der Waals surface area contributed by atoms with Gasteiger partial charge in [0, 0.05) is 19.2 Å². The molecular weight excluding hydrogens is 224 g/mol. The lowest BCUT2D eigenvalue weighted by Crippen LogP contribution is -2.23. The van der Waals surface area contributed by atoms with Gasteiger partial charge in [0.25, 0.3) is 0 Å². The molecule has 0 amide bonds. The summed E-state index contributed by atoms with van der Waals surface area (Å²) in [6.45, 7) is 4.64. The van der Waals surface area contributed by atoms with E-state index < -0.39 is 0 Å². The van der Waals surface area contributed by atoms with E-state index in [2.05, 4.69) is 18.3 Å². The van der Waals surface area contributed by atoms with Gasteiger partial charge in [-0.25, -0.2) is 0 Å². The van der Waals surface area contributed by atoms with Crippen LogP contribution < -0.4 is 5.32 Å². The van der Waals surface area contributed by atoms with E-state index in [-0.39, 0.29) is 6.04 Å². The number of hydrogen-bond donors (Lipinski definition) is 1. The van der Waals surface area contributed by atoms with Gasteiger partial charge in [0.05, 0.1) is 18.2 Å². The van der Waals surface area contributed by atoms with E-state index in [0.29, 0.717) is 5.56 Å². The van der Waals surface area contributed by atoms with Gasteiger partial charge < -0.3 is 10.1 Å². The van der Waals surface area contributed by atoms with E-state index in [0.717, 1.165) is 31.2 Å². The van der Waals surface area contributed by atoms with Gasteiger partial charge in [0.15, 0.2) is 0 Å². The Morgan fingerprint density at radius 1 is 1.50 bits per heavy atom. The van der Waals surface area contributed by atoms with Crippen LogP contribution in [0.5, 0.6) is 0 Å². The zero-order valence-corrected chi connectivity index (χ0v) is 10.9. The number of benzene rings is 1. The molecule has 1 fully saturated rings. The summed E-state index contributed by atoms with van der Waals surface area (Å²) in [6, 6.07) is 10.2. The molecule has 0 radical (unpaired) electrons. The van der Waals surface area contributed by atoms with Crippen molar-refractivity contribution in [3.8, 4) is 6.07 Å². The van der Waals surface area contributed by atoms with E-state index >= 15 is 0 Å². The summed E-state index contributed by atoms with van der Waals surface area (Å²) in [6.07, 6.45) is 2.68. The first-order valence-corrected chi connectivity index (χ1v) is 6.61. The monoisotopic (exact) mass is 244 g/mol. The second kappa shape index (κ2) is 6.53. The Labute approximate surface area is 109 Å². The minimum absolute atomic E-state index is 0.253. The molecule has 3 heteroatoms. The smallest absolute Gasteiger partial charge is 0.0991 e. The third-order valence-electron chi connectivity index (χ3n) is 3.26. The highest BCUT2D eigenvalue weighted by molar-refractivity contribution is 5.33. The predicted molar refractivity (Wildman–Crippen MR) is 71.1 cm³/mol. The van der Waals surface area contributed by atoms with Crippen molar-refractivity contribution < 1.29 is 4.74 Å². The Bertz CT molecular complexity index is 421. The van der Waals surface area contributed by atoms with Crippen LogP contribution in [0.4, 0.5) is 0 Å². The molecular formula is C15H20N2O. The summed E-state index contributed by atoms with van der Waals surface area (Å²) in [5.41, 5.74) is 1.86. The summed E-state index contributed by atoms with van der Waals surface area (Å²) >= 11 is 0. The molecule has 0 aromatic heterocycles. The molecule has 0 bridgehead atoms. The van der Waals surface area contributed by atoms with E-state index in [1.165, 1.54) is 12.8 Å². The molecule has 1 aromatic rings. The van der Waals surface area contributed by atoms with Crippen LogP contribution in [-0.2, 0) is 4.74 Å². The molecule has 1 aromatic carbocycles. The zero-order chi connectivity index (χ0) is 12.8. The molecule has 18 heavy (non-hydrogen) atoms. The summed E-state index contributed by atoms with van der Waals surface area (Å²) in [5, 5.41) is 12.3. The summed E-state index contributed by atoms with van der Waals surface area (Å²) in [7, 11) is 0. The van der Waals surface area contributed by atoms with E-state index in [4.69, 9.17) is 10.00 Å². The molecule has 96 valence electrons. The quantitative estimate of drug-likeness (QED) is 0.750. The molecule has 1 N–H and O–H groups in total. The van der Waals surface area contributed by atoms with Crippen molar-refractivity contribution in [1.29, 1.82) is 5.26 Å². The van der Waals surface area contributed by atoms with Crippen molar-refractivity contribution in [2.75, 3.05) is 19.8 Å². The maximum atomic E-state index is 8.86. The molecule has 0 spiro atoms. The molecule has 1 atom stereocenters. The van der Waals surface area contributed by atoms with Gasteiger partial charge in [-0.2, -0.15) is 5.26 Å². The topological polar surface area (TPSA) is 45.0 Å². The van der Waals surface area contributed by atoms with Crippen LogP contribution in [-0.4, -0.2) is 19.8 Å². The second-order valence-corrected chi connectivity index (χ2v) is 4.93. The summed E-state index contributed by atoms with van der Waals surface area (Å²) < 4.78 is 5.57. The van der Waals surface area contributed by atoms with Crippen LogP contribution in [0.25, 0.3) is 0 Å². The average Bonchev–Trinajstić information content (AvgIpc) is 3.22. The maximum absolute atomic E-state index is 8.86. The first kappa shape index (κ1) is 13.1. The van der Waals surface area contributed by atoms with Gasteiger partial charge in [-0.15, -0.1) is 0 Å². The predicted octanol–water partition coefficient (Wildman–Crippen LogP) is 2.64.